The lowest BCUT2D eigenvalue weighted by Crippen LogP contribution is -2.32. The van der Waals surface area contributed by atoms with Gasteiger partial charge in [0, 0.05) is 24.2 Å². The Morgan fingerprint density at radius 3 is 2.52 bits per heavy atom. The van der Waals surface area contributed by atoms with Crippen molar-refractivity contribution in [2.24, 2.45) is 0 Å². The minimum absolute atomic E-state index is 0.0245. The topological polar surface area (TPSA) is 84.9 Å². The zero-order chi connectivity index (χ0) is 23.0. The molecule has 1 aliphatic heterocycles. The number of hydrogen-bond acceptors (Lipinski definition) is 5. The van der Waals surface area contributed by atoms with Gasteiger partial charge in [-0.25, -0.2) is 12.8 Å². The maximum Gasteiger partial charge on any atom is 0.261 e. The third kappa shape index (κ3) is 4.63. The van der Waals surface area contributed by atoms with Crippen LogP contribution in [0.15, 0.2) is 71.6 Å². The van der Waals surface area contributed by atoms with E-state index < -0.39 is 10.0 Å². The lowest BCUT2D eigenvalue weighted by molar-refractivity contribution is 0.0729. The lowest BCUT2D eigenvalue weighted by atomic mass is 10.1. The van der Waals surface area contributed by atoms with E-state index in [4.69, 9.17) is 9.47 Å². The van der Waals surface area contributed by atoms with E-state index in [0.29, 0.717) is 23.7 Å². The predicted molar refractivity (Wildman–Crippen MR) is 119 cm³/mol. The highest BCUT2D eigenvalue weighted by atomic mass is 32.2. The Balaban J connectivity index is 1.37. The first-order chi connectivity index (χ1) is 15.9. The fourth-order valence-electron chi connectivity index (χ4n) is 3.68. The number of benzene rings is 3. The molecular formula is C24H21FN2O5S. The number of anilines is 1. The number of carbonyl (C=O) groups is 1. The highest BCUT2D eigenvalue weighted by molar-refractivity contribution is 7.92. The molecule has 3 aromatic carbocycles. The van der Waals surface area contributed by atoms with Crippen LogP contribution in [-0.2, 0) is 16.6 Å². The number of halogens is 1. The summed E-state index contributed by atoms with van der Waals surface area (Å²) < 4.78 is 52.2. The van der Waals surface area contributed by atoms with Gasteiger partial charge < -0.3 is 14.4 Å². The molecule has 1 amide bonds. The van der Waals surface area contributed by atoms with E-state index in [0.717, 1.165) is 18.4 Å². The average Bonchev–Trinajstić information content (AvgIpc) is 3.55. The van der Waals surface area contributed by atoms with Crippen molar-refractivity contribution in [3.05, 3.63) is 83.7 Å². The Kier molecular flexibility index (Phi) is 5.41. The molecule has 9 heteroatoms. The Labute approximate surface area is 190 Å². The summed E-state index contributed by atoms with van der Waals surface area (Å²) in [5.41, 5.74) is 1.41. The Bertz CT molecular complexity index is 1310. The zero-order valence-corrected chi connectivity index (χ0v) is 18.3. The van der Waals surface area contributed by atoms with Crippen molar-refractivity contribution >= 4 is 21.6 Å². The highest BCUT2D eigenvalue weighted by Crippen LogP contribution is 2.35. The monoisotopic (exact) mass is 468 g/mol. The van der Waals surface area contributed by atoms with Crippen molar-refractivity contribution in [1.29, 1.82) is 0 Å². The molecule has 170 valence electrons. The third-order valence-electron chi connectivity index (χ3n) is 5.53. The summed E-state index contributed by atoms with van der Waals surface area (Å²) in [6.07, 6.45) is 1.77. The molecule has 1 heterocycles. The molecule has 33 heavy (non-hydrogen) atoms. The smallest absolute Gasteiger partial charge is 0.261 e. The van der Waals surface area contributed by atoms with E-state index in [-0.39, 0.29) is 35.0 Å². The number of nitrogens with zero attached hydrogens (tertiary/aromatic N) is 1. The van der Waals surface area contributed by atoms with Gasteiger partial charge in [-0.05, 0) is 60.9 Å². The molecule has 1 saturated carbocycles. The van der Waals surface area contributed by atoms with Crippen molar-refractivity contribution in [1.82, 2.24) is 4.90 Å². The van der Waals surface area contributed by atoms with Crippen LogP contribution in [-0.4, -0.2) is 32.1 Å². The van der Waals surface area contributed by atoms with Gasteiger partial charge in [-0.1, -0.05) is 18.2 Å². The predicted octanol–water partition coefficient (Wildman–Crippen LogP) is 4.16. The first-order valence-corrected chi connectivity index (χ1v) is 12.0. The van der Waals surface area contributed by atoms with E-state index in [1.54, 1.807) is 47.4 Å². The Morgan fingerprint density at radius 1 is 1.00 bits per heavy atom. The maximum absolute atomic E-state index is 13.3. The van der Waals surface area contributed by atoms with Crippen LogP contribution in [0.3, 0.4) is 0 Å². The van der Waals surface area contributed by atoms with E-state index in [1.165, 1.54) is 24.3 Å². The molecule has 0 bridgehead atoms. The van der Waals surface area contributed by atoms with Gasteiger partial charge in [0.05, 0.1) is 10.6 Å². The second kappa shape index (κ2) is 8.40. The van der Waals surface area contributed by atoms with Gasteiger partial charge in [0.15, 0.2) is 11.5 Å². The number of amides is 1. The van der Waals surface area contributed by atoms with Crippen LogP contribution in [0.5, 0.6) is 11.5 Å². The first kappa shape index (κ1) is 21.3. The maximum atomic E-state index is 13.3. The summed E-state index contributed by atoms with van der Waals surface area (Å²) in [6, 6.07) is 16.8. The number of fused-ring (bicyclic) bond motifs is 1. The second-order valence-corrected chi connectivity index (χ2v) is 9.67. The van der Waals surface area contributed by atoms with Crippen molar-refractivity contribution < 1.29 is 27.1 Å². The first-order valence-electron chi connectivity index (χ1n) is 10.5. The number of carbonyl (C=O) groups excluding carboxylic acids is 1. The normalized spacial score (nSPS) is 14.7. The molecule has 7 nitrogen and oxygen atoms in total. The largest absolute Gasteiger partial charge is 0.454 e. The van der Waals surface area contributed by atoms with Gasteiger partial charge in [-0.2, -0.15) is 0 Å². The quantitative estimate of drug-likeness (QED) is 0.563. The SMILES string of the molecule is O=C(c1cccc(S(=O)(=O)Nc2ccc3c(c2)OCO3)c1)N(Cc1ccc(F)cc1)C1CC1. The molecule has 2 aliphatic rings. The van der Waals surface area contributed by atoms with Crippen molar-refractivity contribution in [2.75, 3.05) is 11.5 Å². The van der Waals surface area contributed by atoms with Crippen LogP contribution in [0.1, 0.15) is 28.8 Å². The van der Waals surface area contributed by atoms with E-state index in [9.17, 15) is 17.6 Å². The number of hydrogen-bond donors (Lipinski definition) is 1. The van der Waals surface area contributed by atoms with Gasteiger partial charge in [-0.3, -0.25) is 9.52 Å². The minimum Gasteiger partial charge on any atom is -0.454 e. The molecule has 0 spiro atoms. The summed E-state index contributed by atoms with van der Waals surface area (Å²) in [4.78, 5) is 15.0. The molecule has 0 radical (unpaired) electrons. The lowest BCUT2D eigenvalue weighted by Gasteiger charge is -2.23. The standard InChI is InChI=1S/C24H21FN2O5S/c25-18-6-4-16(5-7-18)14-27(20-9-10-20)24(28)17-2-1-3-21(12-17)33(29,30)26-19-8-11-22-23(13-19)32-15-31-22/h1-8,11-13,20,26H,9-10,14-15H2. The summed E-state index contributed by atoms with van der Waals surface area (Å²) in [6.45, 7) is 0.418. The van der Waals surface area contributed by atoms with Crippen molar-refractivity contribution in [2.45, 2.75) is 30.3 Å². The van der Waals surface area contributed by atoms with Crippen LogP contribution in [0.4, 0.5) is 10.1 Å². The Morgan fingerprint density at radius 2 is 1.76 bits per heavy atom. The van der Waals surface area contributed by atoms with Crippen molar-refractivity contribution in [3.63, 3.8) is 0 Å². The molecular weight excluding hydrogens is 447 g/mol. The van der Waals surface area contributed by atoms with Crippen LogP contribution >= 0.6 is 0 Å². The summed E-state index contributed by atoms with van der Waals surface area (Å²) in [7, 11) is -3.94. The number of sulfonamides is 1. The highest BCUT2D eigenvalue weighted by Gasteiger charge is 2.33. The van der Waals surface area contributed by atoms with Gasteiger partial charge in [0.25, 0.3) is 15.9 Å². The fraction of sp³-hybridized carbons (Fsp3) is 0.208. The minimum atomic E-state index is -3.94. The van der Waals surface area contributed by atoms with Crippen molar-refractivity contribution in [3.8, 4) is 11.5 Å². The summed E-state index contributed by atoms with van der Waals surface area (Å²) >= 11 is 0. The van der Waals surface area contributed by atoms with Crippen LogP contribution < -0.4 is 14.2 Å². The number of rotatable bonds is 7. The van der Waals surface area contributed by atoms with E-state index in [1.807, 2.05) is 0 Å². The van der Waals surface area contributed by atoms with E-state index >= 15 is 0 Å². The molecule has 1 fully saturated rings. The van der Waals surface area contributed by atoms with Gasteiger partial charge in [-0.15, -0.1) is 0 Å². The van der Waals surface area contributed by atoms with Gasteiger partial charge >= 0.3 is 0 Å². The molecule has 1 aliphatic carbocycles. The molecule has 0 aromatic heterocycles. The van der Waals surface area contributed by atoms with E-state index in [2.05, 4.69) is 4.72 Å². The van der Waals surface area contributed by atoms with Crippen LogP contribution in [0.25, 0.3) is 0 Å². The fourth-order valence-corrected chi connectivity index (χ4v) is 4.77. The third-order valence-corrected chi connectivity index (χ3v) is 6.91. The average molecular weight is 469 g/mol. The summed E-state index contributed by atoms with van der Waals surface area (Å²) in [5.74, 6) is 0.407. The zero-order valence-electron chi connectivity index (χ0n) is 17.5. The second-order valence-electron chi connectivity index (χ2n) is 7.99. The number of nitrogens with one attached hydrogen (secondary N) is 1. The molecule has 0 unspecified atom stereocenters. The number of ether oxygens (including phenoxy) is 2. The van der Waals surface area contributed by atoms with Gasteiger partial charge in [0.1, 0.15) is 5.82 Å². The van der Waals surface area contributed by atoms with Crippen LogP contribution in [0.2, 0.25) is 0 Å². The van der Waals surface area contributed by atoms with Gasteiger partial charge in [0.2, 0.25) is 6.79 Å². The molecule has 0 atom stereocenters. The van der Waals surface area contributed by atoms with Crippen LogP contribution in [0, 0.1) is 5.82 Å². The molecule has 5 rings (SSSR count). The molecule has 0 saturated heterocycles. The summed E-state index contributed by atoms with van der Waals surface area (Å²) in [5, 5.41) is 0. The Hall–Kier alpha value is -3.59. The molecule has 3 aromatic rings. The molecule has 1 N–H and O–H groups in total.